The molecule has 0 saturated heterocycles. The average Bonchev–Trinajstić information content (AvgIpc) is 3.37. The number of anilines is 1. The number of hydrogen-bond acceptors (Lipinski definition) is 8. The summed E-state index contributed by atoms with van der Waals surface area (Å²) in [5, 5.41) is 9.70. The van der Waals surface area contributed by atoms with E-state index in [0.717, 1.165) is 5.56 Å². The Kier molecular flexibility index (Phi) is 5.17. The highest BCUT2D eigenvalue weighted by atomic mass is 32.2. The van der Waals surface area contributed by atoms with Crippen LogP contribution in [0.4, 0.5) is 6.01 Å². The summed E-state index contributed by atoms with van der Waals surface area (Å²) in [6.07, 6.45) is 0.0798. The van der Waals surface area contributed by atoms with E-state index in [9.17, 15) is 13.2 Å². The van der Waals surface area contributed by atoms with Crippen molar-refractivity contribution in [2.45, 2.75) is 30.4 Å². The van der Waals surface area contributed by atoms with E-state index in [-0.39, 0.29) is 35.9 Å². The molecule has 2 aromatic carbocycles. The van der Waals surface area contributed by atoms with Gasteiger partial charge in [0.1, 0.15) is 0 Å². The minimum atomic E-state index is -3.44. The Morgan fingerprint density at radius 2 is 1.90 bits per heavy atom. The molecule has 0 unspecified atom stereocenters. The molecule has 9 nitrogen and oxygen atoms in total. The quantitative estimate of drug-likeness (QED) is 0.635. The average molecular weight is 429 g/mol. The third-order valence-electron chi connectivity index (χ3n) is 4.50. The van der Waals surface area contributed by atoms with E-state index < -0.39 is 15.1 Å². The van der Waals surface area contributed by atoms with Gasteiger partial charge in [0.25, 0.3) is 0 Å². The molecule has 1 amide bonds. The number of ether oxygens (including phenoxy) is 2. The summed E-state index contributed by atoms with van der Waals surface area (Å²) in [5.41, 5.74) is 1.18. The van der Waals surface area contributed by atoms with Crippen LogP contribution in [-0.2, 0) is 21.1 Å². The van der Waals surface area contributed by atoms with Crippen molar-refractivity contribution in [3.05, 3.63) is 48.0 Å². The van der Waals surface area contributed by atoms with Gasteiger partial charge in [0, 0.05) is 5.56 Å². The maximum absolute atomic E-state index is 12.4. The summed E-state index contributed by atoms with van der Waals surface area (Å²) in [6.45, 7) is 3.39. The van der Waals surface area contributed by atoms with Gasteiger partial charge >= 0.3 is 6.01 Å². The normalized spacial score (nSPS) is 12.9. The first-order chi connectivity index (χ1) is 14.3. The molecule has 1 aliphatic rings. The van der Waals surface area contributed by atoms with E-state index in [0.29, 0.717) is 17.1 Å². The SMILES string of the molecule is CC(C)S(=O)(=O)c1cccc(-c2nnc(NC(=O)Cc3ccc4c(c3)OCO4)o2)c1. The summed E-state index contributed by atoms with van der Waals surface area (Å²) in [4.78, 5) is 12.5. The molecule has 0 spiro atoms. The summed E-state index contributed by atoms with van der Waals surface area (Å²) in [6, 6.07) is 11.4. The molecule has 0 aliphatic carbocycles. The van der Waals surface area contributed by atoms with Crippen molar-refractivity contribution in [1.82, 2.24) is 10.2 Å². The number of rotatable bonds is 6. The molecule has 30 heavy (non-hydrogen) atoms. The zero-order valence-corrected chi connectivity index (χ0v) is 17.1. The molecular formula is C20H19N3O6S. The van der Waals surface area contributed by atoms with Crippen LogP contribution in [0.3, 0.4) is 0 Å². The summed E-state index contributed by atoms with van der Waals surface area (Å²) in [7, 11) is -3.44. The van der Waals surface area contributed by atoms with Crippen molar-refractivity contribution < 1.29 is 27.1 Å². The van der Waals surface area contributed by atoms with Crippen LogP contribution in [0.15, 0.2) is 51.8 Å². The first kappa shape index (κ1) is 19.9. The molecule has 0 atom stereocenters. The van der Waals surface area contributed by atoms with Gasteiger partial charge in [0.05, 0.1) is 16.6 Å². The van der Waals surface area contributed by atoms with Gasteiger partial charge in [-0.05, 0) is 49.7 Å². The molecular weight excluding hydrogens is 410 g/mol. The Labute approximate surface area is 172 Å². The van der Waals surface area contributed by atoms with Crippen LogP contribution in [0.2, 0.25) is 0 Å². The van der Waals surface area contributed by atoms with Crippen LogP contribution in [0.25, 0.3) is 11.5 Å². The molecule has 1 aliphatic heterocycles. The van der Waals surface area contributed by atoms with Crippen LogP contribution < -0.4 is 14.8 Å². The second kappa shape index (κ2) is 7.79. The van der Waals surface area contributed by atoms with Crippen molar-refractivity contribution in [2.75, 3.05) is 12.1 Å². The Morgan fingerprint density at radius 1 is 1.10 bits per heavy atom. The van der Waals surface area contributed by atoms with Gasteiger partial charge in [-0.1, -0.05) is 17.2 Å². The molecule has 4 rings (SSSR count). The number of carbonyl (C=O) groups excluding carboxylic acids is 1. The number of carbonyl (C=O) groups is 1. The first-order valence-corrected chi connectivity index (χ1v) is 10.7. The van der Waals surface area contributed by atoms with Crippen molar-refractivity contribution in [1.29, 1.82) is 0 Å². The molecule has 1 aromatic heterocycles. The molecule has 0 saturated carbocycles. The number of sulfone groups is 1. The highest BCUT2D eigenvalue weighted by Crippen LogP contribution is 2.32. The number of nitrogens with one attached hydrogen (secondary N) is 1. The van der Waals surface area contributed by atoms with Gasteiger partial charge in [-0.15, -0.1) is 5.10 Å². The van der Waals surface area contributed by atoms with Crippen LogP contribution in [0, 0.1) is 0 Å². The van der Waals surface area contributed by atoms with E-state index in [4.69, 9.17) is 13.9 Å². The Hall–Kier alpha value is -3.40. The van der Waals surface area contributed by atoms with Crippen molar-refractivity contribution in [2.24, 2.45) is 0 Å². The van der Waals surface area contributed by atoms with Gasteiger partial charge in [0.15, 0.2) is 21.3 Å². The van der Waals surface area contributed by atoms with E-state index in [1.54, 1.807) is 44.2 Å². The predicted molar refractivity (Wildman–Crippen MR) is 107 cm³/mol. The fourth-order valence-electron chi connectivity index (χ4n) is 2.87. The summed E-state index contributed by atoms with van der Waals surface area (Å²) in [5.74, 6) is 0.994. The van der Waals surface area contributed by atoms with Crippen LogP contribution in [-0.4, -0.2) is 36.6 Å². The number of amides is 1. The third kappa shape index (κ3) is 3.99. The lowest BCUT2D eigenvalue weighted by Gasteiger charge is -2.08. The van der Waals surface area contributed by atoms with Gasteiger partial charge in [0.2, 0.25) is 18.6 Å². The Balaban J connectivity index is 1.46. The van der Waals surface area contributed by atoms with Gasteiger partial charge in [-0.25, -0.2) is 8.42 Å². The second-order valence-corrected chi connectivity index (χ2v) is 9.45. The maximum atomic E-state index is 12.4. The number of benzene rings is 2. The minimum absolute atomic E-state index is 0.0761. The molecule has 0 fully saturated rings. The third-order valence-corrected chi connectivity index (χ3v) is 6.66. The Morgan fingerprint density at radius 3 is 2.70 bits per heavy atom. The number of aromatic nitrogens is 2. The van der Waals surface area contributed by atoms with Crippen molar-refractivity contribution >= 4 is 21.8 Å². The van der Waals surface area contributed by atoms with E-state index >= 15 is 0 Å². The zero-order valence-electron chi connectivity index (χ0n) is 16.3. The second-order valence-electron chi connectivity index (χ2n) is 6.95. The smallest absolute Gasteiger partial charge is 0.322 e. The van der Waals surface area contributed by atoms with E-state index in [1.165, 1.54) is 12.1 Å². The molecule has 1 N–H and O–H groups in total. The van der Waals surface area contributed by atoms with Gasteiger partial charge in [-0.3, -0.25) is 10.1 Å². The highest BCUT2D eigenvalue weighted by Gasteiger charge is 2.21. The first-order valence-electron chi connectivity index (χ1n) is 9.19. The predicted octanol–water partition coefficient (Wildman–Crippen LogP) is 2.83. The largest absolute Gasteiger partial charge is 0.454 e. The molecule has 156 valence electrons. The number of nitrogens with zero attached hydrogens (tertiary/aromatic N) is 2. The maximum Gasteiger partial charge on any atom is 0.322 e. The van der Waals surface area contributed by atoms with E-state index in [2.05, 4.69) is 15.5 Å². The monoisotopic (exact) mass is 429 g/mol. The fraction of sp³-hybridized carbons (Fsp3) is 0.250. The minimum Gasteiger partial charge on any atom is -0.454 e. The summed E-state index contributed by atoms with van der Waals surface area (Å²) >= 11 is 0. The van der Waals surface area contributed by atoms with Crippen LogP contribution in [0.1, 0.15) is 19.4 Å². The lowest BCUT2D eigenvalue weighted by Crippen LogP contribution is -2.14. The standard InChI is InChI=1S/C20H19N3O6S/c1-12(2)30(25,26)15-5-3-4-14(10-15)19-22-23-20(29-19)21-18(24)9-13-6-7-16-17(8-13)28-11-27-16/h3-8,10,12H,9,11H2,1-2H3,(H,21,23,24). The van der Waals surface area contributed by atoms with Crippen molar-refractivity contribution in [3.8, 4) is 23.0 Å². The van der Waals surface area contributed by atoms with E-state index in [1.807, 2.05) is 0 Å². The van der Waals surface area contributed by atoms with Crippen LogP contribution in [0.5, 0.6) is 11.5 Å². The fourth-order valence-corrected chi connectivity index (χ4v) is 3.97. The zero-order chi connectivity index (χ0) is 21.3. The lowest BCUT2D eigenvalue weighted by atomic mass is 10.1. The highest BCUT2D eigenvalue weighted by molar-refractivity contribution is 7.92. The molecule has 10 heteroatoms. The van der Waals surface area contributed by atoms with Gasteiger partial charge < -0.3 is 13.9 Å². The number of fused-ring (bicyclic) bond motifs is 1. The molecule has 3 aromatic rings. The van der Waals surface area contributed by atoms with Crippen LogP contribution >= 0.6 is 0 Å². The van der Waals surface area contributed by atoms with Gasteiger partial charge in [-0.2, -0.15) is 0 Å². The molecule has 0 radical (unpaired) electrons. The number of hydrogen-bond donors (Lipinski definition) is 1. The molecule has 2 heterocycles. The Bertz CT molecular complexity index is 1200. The molecule has 0 bridgehead atoms. The van der Waals surface area contributed by atoms with Crippen molar-refractivity contribution in [3.63, 3.8) is 0 Å². The lowest BCUT2D eigenvalue weighted by molar-refractivity contribution is -0.115. The topological polar surface area (TPSA) is 121 Å². The summed E-state index contributed by atoms with van der Waals surface area (Å²) < 4.78 is 40.8.